The maximum atomic E-state index is 13.4. The van der Waals surface area contributed by atoms with Crippen LogP contribution in [-0.4, -0.2) is 47.7 Å². The largest absolute Gasteiger partial charge is 0.496 e. The van der Waals surface area contributed by atoms with Crippen molar-refractivity contribution in [3.63, 3.8) is 0 Å². The van der Waals surface area contributed by atoms with E-state index in [2.05, 4.69) is 15.5 Å². The Bertz CT molecular complexity index is 1050. The highest BCUT2D eigenvalue weighted by molar-refractivity contribution is 6.04. The number of nitrogens with one attached hydrogen (secondary N) is 2. The lowest BCUT2D eigenvalue weighted by molar-refractivity contribution is 0.0626. The van der Waals surface area contributed by atoms with Gasteiger partial charge in [-0.3, -0.25) is 9.59 Å². The zero-order chi connectivity index (χ0) is 18.8. The van der Waals surface area contributed by atoms with Gasteiger partial charge in [0.15, 0.2) is 5.69 Å². The van der Waals surface area contributed by atoms with Crippen LogP contribution in [0.2, 0.25) is 0 Å². The van der Waals surface area contributed by atoms with Crippen LogP contribution in [0.1, 0.15) is 22.1 Å². The van der Waals surface area contributed by atoms with Gasteiger partial charge in [0.2, 0.25) is 0 Å². The molecule has 28 heavy (non-hydrogen) atoms. The SMILES string of the molecule is COc1ccccc1C1CNCCN1C(=O)c1n[nH]c(=O)c2ccccc12.Cl. The van der Waals surface area contributed by atoms with E-state index in [1.54, 1.807) is 36.3 Å². The van der Waals surface area contributed by atoms with Crippen LogP contribution < -0.4 is 15.6 Å². The zero-order valence-electron chi connectivity index (χ0n) is 15.3. The number of methoxy groups -OCH3 is 1. The molecule has 0 bridgehead atoms. The zero-order valence-corrected chi connectivity index (χ0v) is 16.2. The molecule has 1 atom stereocenters. The first-order chi connectivity index (χ1) is 13.2. The van der Waals surface area contributed by atoms with Gasteiger partial charge in [0.1, 0.15) is 5.75 Å². The van der Waals surface area contributed by atoms with E-state index in [0.717, 1.165) is 11.3 Å². The van der Waals surface area contributed by atoms with E-state index in [0.29, 0.717) is 30.4 Å². The molecule has 1 unspecified atom stereocenters. The molecule has 3 aromatic rings. The lowest BCUT2D eigenvalue weighted by atomic mass is 10.0. The second kappa shape index (κ2) is 8.41. The van der Waals surface area contributed by atoms with Gasteiger partial charge in [-0.05, 0) is 12.1 Å². The number of rotatable bonds is 3. The van der Waals surface area contributed by atoms with Gasteiger partial charge in [-0.2, -0.15) is 5.10 Å². The number of fused-ring (bicyclic) bond motifs is 1. The van der Waals surface area contributed by atoms with Crippen LogP contribution in [0, 0.1) is 0 Å². The summed E-state index contributed by atoms with van der Waals surface area (Å²) in [5, 5.41) is 10.9. The van der Waals surface area contributed by atoms with E-state index in [1.165, 1.54) is 0 Å². The van der Waals surface area contributed by atoms with Crippen molar-refractivity contribution in [2.75, 3.05) is 26.7 Å². The highest BCUT2D eigenvalue weighted by atomic mass is 35.5. The number of benzene rings is 2. The fourth-order valence-corrected chi connectivity index (χ4v) is 3.58. The Hall–Kier alpha value is -2.90. The Balaban J connectivity index is 0.00000225. The van der Waals surface area contributed by atoms with Gasteiger partial charge >= 0.3 is 0 Å². The molecule has 0 saturated carbocycles. The van der Waals surface area contributed by atoms with Crippen LogP contribution >= 0.6 is 12.4 Å². The Morgan fingerprint density at radius 2 is 1.86 bits per heavy atom. The normalized spacial score (nSPS) is 16.5. The van der Waals surface area contributed by atoms with Gasteiger partial charge in [0.05, 0.1) is 18.5 Å². The molecule has 2 heterocycles. The molecule has 1 aromatic heterocycles. The Morgan fingerprint density at radius 3 is 2.64 bits per heavy atom. The van der Waals surface area contributed by atoms with Crippen LogP contribution in [0.4, 0.5) is 0 Å². The van der Waals surface area contributed by atoms with E-state index in [1.807, 2.05) is 24.3 Å². The molecule has 7 nitrogen and oxygen atoms in total. The highest BCUT2D eigenvalue weighted by Gasteiger charge is 2.32. The summed E-state index contributed by atoms with van der Waals surface area (Å²) in [6.07, 6.45) is 0. The average molecular weight is 401 g/mol. The highest BCUT2D eigenvalue weighted by Crippen LogP contribution is 2.31. The molecule has 2 N–H and O–H groups in total. The number of H-pyrrole nitrogens is 1. The van der Waals surface area contributed by atoms with Gasteiger partial charge in [-0.1, -0.05) is 36.4 Å². The molecule has 146 valence electrons. The summed E-state index contributed by atoms with van der Waals surface area (Å²) < 4.78 is 5.49. The Labute approximate surface area is 168 Å². The molecular weight excluding hydrogens is 380 g/mol. The van der Waals surface area contributed by atoms with Gasteiger partial charge in [0.25, 0.3) is 11.5 Å². The van der Waals surface area contributed by atoms with Gasteiger partial charge in [-0.25, -0.2) is 5.10 Å². The molecule has 0 radical (unpaired) electrons. The molecule has 4 rings (SSSR count). The molecule has 0 aliphatic carbocycles. The fourth-order valence-electron chi connectivity index (χ4n) is 3.58. The molecule has 2 aromatic carbocycles. The minimum atomic E-state index is -0.302. The van der Waals surface area contributed by atoms with Crippen molar-refractivity contribution in [2.24, 2.45) is 0 Å². The minimum Gasteiger partial charge on any atom is -0.496 e. The second-order valence-corrected chi connectivity index (χ2v) is 6.41. The summed E-state index contributed by atoms with van der Waals surface area (Å²) in [5.41, 5.74) is 0.894. The van der Waals surface area contributed by atoms with Crippen molar-refractivity contribution in [3.05, 3.63) is 70.1 Å². The van der Waals surface area contributed by atoms with Gasteiger partial charge in [0, 0.05) is 30.6 Å². The smallest absolute Gasteiger partial charge is 0.275 e. The van der Waals surface area contributed by atoms with E-state index < -0.39 is 0 Å². The minimum absolute atomic E-state index is 0. The number of piperazine rings is 1. The maximum Gasteiger partial charge on any atom is 0.275 e. The number of ether oxygens (including phenoxy) is 1. The summed E-state index contributed by atoms with van der Waals surface area (Å²) in [5.74, 6) is 0.531. The number of carbonyl (C=O) groups excluding carboxylic acids is 1. The predicted octanol–water partition coefficient (Wildman–Crippen LogP) is 2.14. The third-order valence-corrected chi connectivity index (χ3v) is 4.90. The van der Waals surface area contributed by atoms with E-state index in [4.69, 9.17) is 4.74 Å². The number of hydrogen-bond donors (Lipinski definition) is 2. The number of aromatic amines is 1. The summed E-state index contributed by atoms with van der Waals surface area (Å²) in [6.45, 7) is 1.85. The number of nitrogens with zero attached hydrogens (tertiary/aromatic N) is 2. The monoisotopic (exact) mass is 400 g/mol. The second-order valence-electron chi connectivity index (χ2n) is 6.41. The quantitative estimate of drug-likeness (QED) is 0.703. The Kier molecular flexibility index (Phi) is 5.96. The molecule has 1 fully saturated rings. The van der Waals surface area contributed by atoms with E-state index in [9.17, 15) is 9.59 Å². The van der Waals surface area contributed by atoms with Gasteiger partial charge < -0.3 is 15.0 Å². The van der Waals surface area contributed by atoms with Crippen molar-refractivity contribution in [1.29, 1.82) is 0 Å². The molecule has 8 heteroatoms. The van der Waals surface area contributed by atoms with E-state index >= 15 is 0 Å². The molecular formula is C20H21ClN4O3. The van der Waals surface area contributed by atoms with Crippen LogP contribution in [0.5, 0.6) is 5.75 Å². The van der Waals surface area contributed by atoms with Crippen molar-refractivity contribution in [2.45, 2.75) is 6.04 Å². The number of carbonyl (C=O) groups is 1. The number of halogens is 1. The first kappa shape index (κ1) is 19.9. The fraction of sp³-hybridized carbons (Fsp3) is 0.250. The maximum absolute atomic E-state index is 13.4. The third-order valence-electron chi connectivity index (χ3n) is 4.90. The average Bonchev–Trinajstić information content (AvgIpc) is 2.74. The van der Waals surface area contributed by atoms with Crippen molar-refractivity contribution in [3.8, 4) is 5.75 Å². The number of para-hydroxylation sites is 1. The first-order valence-corrected chi connectivity index (χ1v) is 8.82. The van der Waals surface area contributed by atoms with Crippen LogP contribution in [0.3, 0.4) is 0 Å². The first-order valence-electron chi connectivity index (χ1n) is 8.82. The van der Waals surface area contributed by atoms with Crippen molar-refractivity contribution >= 4 is 29.1 Å². The molecule has 0 spiro atoms. The topological polar surface area (TPSA) is 87.3 Å². The molecule has 1 amide bonds. The molecule has 1 aliphatic heterocycles. The standard InChI is InChI=1S/C20H20N4O3.ClH/c1-27-17-9-5-4-8-15(17)16-12-21-10-11-24(16)20(26)18-13-6-2-3-7-14(13)19(25)23-22-18;/h2-9,16,21H,10-12H2,1H3,(H,23,25);1H. The van der Waals surface area contributed by atoms with Crippen LogP contribution in [-0.2, 0) is 0 Å². The number of aromatic nitrogens is 2. The lowest BCUT2D eigenvalue weighted by Gasteiger charge is -2.37. The summed E-state index contributed by atoms with van der Waals surface area (Å²) in [7, 11) is 1.62. The van der Waals surface area contributed by atoms with Crippen molar-refractivity contribution < 1.29 is 9.53 Å². The van der Waals surface area contributed by atoms with Crippen LogP contribution in [0.25, 0.3) is 10.8 Å². The van der Waals surface area contributed by atoms with E-state index in [-0.39, 0.29) is 35.6 Å². The summed E-state index contributed by atoms with van der Waals surface area (Å²) in [6, 6.07) is 14.5. The predicted molar refractivity (Wildman–Crippen MR) is 109 cm³/mol. The van der Waals surface area contributed by atoms with Crippen molar-refractivity contribution in [1.82, 2.24) is 20.4 Å². The van der Waals surface area contributed by atoms with Gasteiger partial charge in [-0.15, -0.1) is 12.4 Å². The number of amides is 1. The number of hydrogen-bond acceptors (Lipinski definition) is 5. The summed E-state index contributed by atoms with van der Waals surface area (Å²) in [4.78, 5) is 27.2. The Morgan fingerprint density at radius 1 is 1.14 bits per heavy atom. The third kappa shape index (κ3) is 3.46. The lowest BCUT2D eigenvalue weighted by Crippen LogP contribution is -2.49. The van der Waals surface area contributed by atoms with Crippen LogP contribution in [0.15, 0.2) is 53.3 Å². The molecule has 1 saturated heterocycles. The summed E-state index contributed by atoms with van der Waals surface area (Å²) >= 11 is 0. The molecule has 1 aliphatic rings.